The first kappa shape index (κ1) is 18.7. The molecule has 4 rings (SSSR count). The van der Waals surface area contributed by atoms with Crippen molar-refractivity contribution in [1.29, 1.82) is 0 Å². The molecule has 0 bridgehead atoms. The number of rotatable bonds is 5. The van der Waals surface area contributed by atoms with Crippen LogP contribution in [0.15, 0.2) is 59.2 Å². The van der Waals surface area contributed by atoms with Crippen LogP contribution in [0, 0.1) is 5.92 Å². The zero-order valence-corrected chi connectivity index (χ0v) is 15.7. The maximum Gasteiger partial charge on any atom is 0.250 e. The lowest BCUT2D eigenvalue weighted by Crippen LogP contribution is -2.38. The van der Waals surface area contributed by atoms with Crippen LogP contribution in [0.1, 0.15) is 23.2 Å². The number of nitrogens with two attached hydrogens (primary N) is 1. The van der Waals surface area contributed by atoms with Crippen LogP contribution in [0.2, 0.25) is 0 Å². The van der Waals surface area contributed by atoms with Gasteiger partial charge < -0.3 is 20.4 Å². The van der Waals surface area contributed by atoms with Crippen molar-refractivity contribution in [2.45, 2.75) is 12.8 Å². The quantitative estimate of drug-likeness (QED) is 0.691. The van der Waals surface area contributed by atoms with Crippen LogP contribution < -0.4 is 16.0 Å². The number of piperidine rings is 1. The van der Waals surface area contributed by atoms with Gasteiger partial charge in [-0.2, -0.15) is 0 Å². The summed E-state index contributed by atoms with van der Waals surface area (Å²) in [5.41, 5.74) is 6.82. The van der Waals surface area contributed by atoms with Gasteiger partial charge in [-0.25, -0.2) is 0 Å². The number of nitrogens with one attached hydrogen (secondary N) is 1. The molecule has 0 radical (unpaired) electrons. The van der Waals surface area contributed by atoms with Crippen molar-refractivity contribution >= 4 is 23.3 Å². The summed E-state index contributed by atoms with van der Waals surface area (Å²) in [6.45, 7) is 1.40. The van der Waals surface area contributed by atoms with E-state index in [1.165, 1.54) is 0 Å². The molecule has 0 saturated carbocycles. The average Bonchev–Trinajstić information content (AvgIpc) is 3.29. The van der Waals surface area contributed by atoms with Gasteiger partial charge in [0.1, 0.15) is 5.69 Å². The molecule has 1 saturated heterocycles. The molecule has 0 unspecified atom stereocenters. The molecule has 8 heteroatoms. The van der Waals surface area contributed by atoms with Crippen molar-refractivity contribution in [3.05, 3.63) is 60.4 Å². The van der Waals surface area contributed by atoms with Crippen LogP contribution in [0.5, 0.6) is 0 Å². The van der Waals surface area contributed by atoms with Gasteiger partial charge in [0.15, 0.2) is 11.6 Å². The highest BCUT2D eigenvalue weighted by molar-refractivity contribution is 6.03. The molecule has 1 fully saturated rings. The largest absolute Gasteiger partial charge is 0.463 e. The van der Waals surface area contributed by atoms with Crippen LogP contribution >= 0.6 is 0 Å². The minimum atomic E-state index is -0.563. The molecule has 0 atom stereocenters. The van der Waals surface area contributed by atoms with Crippen LogP contribution in [-0.4, -0.2) is 35.1 Å². The normalized spacial score (nSPS) is 14.6. The number of carbonyl (C=O) groups excluding carboxylic acids is 2. The smallest absolute Gasteiger partial charge is 0.250 e. The van der Waals surface area contributed by atoms with E-state index >= 15 is 0 Å². The molecule has 2 amide bonds. The zero-order valence-electron chi connectivity index (χ0n) is 15.7. The number of benzene rings is 1. The van der Waals surface area contributed by atoms with Crippen molar-refractivity contribution in [1.82, 2.24) is 10.2 Å². The maximum absolute atomic E-state index is 12.6. The molecule has 148 valence electrons. The summed E-state index contributed by atoms with van der Waals surface area (Å²) in [4.78, 5) is 26.3. The molecule has 1 aliphatic heterocycles. The van der Waals surface area contributed by atoms with Gasteiger partial charge in [0, 0.05) is 19.0 Å². The van der Waals surface area contributed by atoms with E-state index in [-0.39, 0.29) is 11.8 Å². The fourth-order valence-electron chi connectivity index (χ4n) is 3.46. The second-order valence-electron chi connectivity index (χ2n) is 6.91. The number of carbonyl (C=O) groups is 2. The Morgan fingerprint density at radius 3 is 2.48 bits per heavy atom. The van der Waals surface area contributed by atoms with E-state index in [9.17, 15) is 9.59 Å². The SMILES string of the molecule is NC(=O)c1ccccc1NC(=O)C1CCN(c2ccc(-c3ccco3)nn2)CC1. The summed E-state index contributed by atoms with van der Waals surface area (Å²) in [7, 11) is 0. The molecule has 29 heavy (non-hydrogen) atoms. The van der Waals surface area contributed by atoms with Crippen LogP contribution in [0.25, 0.3) is 11.5 Å². The van der Waals surface area contributed by atoms with Gasteiger partial charge in [0.05, 0.1) is 17.5 Å². The average molecular weight is 391 g/mol. The first-order chi connectivity index (χ1) is 14.1. The summed E-state index contributed by atoms with van der Waals surface area (Å²) in [5, 5.41) is 11.4. The summed E-state index contributed by atoms with van der Waals surface area (Å²) >= 11 is 0. The molecule has 0 aliphatic carbocycles. The molecule has 3 N–H and O–H groups in total. The fraction of sp³-hybridized carbons (Fsp3) is 0.238. The molecule has 1 aliphatic rings. The Labute approximate surface area is 167 Å². The van der Waals surface area contributed by atoms with Gasteiger partial charge in [0.25, 0.3) is 5.91 Å². The van der Waals surface area contributed by atoms with Crippen LogP contribution in [0.4, 0.5) is 11.5 Å². The monoisotopic (exact) mass is 391 g/mol. The number of para-hydroxylation sites is 1. The molecule has 0 spiro atoms. The van der Waals surface area contributed by atoms with Crippen molar-refractivity contribution < 1.29 is 14.0 Å². The minimum absolute atomic E-state index is 0.0994. The highest BCUT2D eigenvalue weighted by atomic mass is 16.3. The lowest BCUT2D eigenvalue weighted by Gasteiger charge is -2.31. The Hall–Kier alpha value is -3.68. The summed E-state index contributed by atoms with van der Waals surface area (Å²) in [5.74, 6) is 0.654. The molecule has 2 aromatic heterocycles. The van der Waals surface area contributed by atoms with Crippen LogP contribution in [0.3, 0.4) is 0 Å². The van der Waals surface area contributed by atoms with Gasteiger partial charge in [-0.1, -0.05) is 12.1 Å². The van der Waals surface area contributed by atoms with E-state index in [0.29, 0.717) is 48.6 Å². The van der Waals surface area contributed by atoms with E-state index in [1.54, 1.807) is 30.5 Å². The van der Waals surface area contributed by atoms with E-state index in [1.807, 2.05) is 24.3 Å². The lowest BCUT2D eigenvalue weighted by atomic mass is 9.95. The van der Waals surface area contributed by atoms with Crippen molar-refractivity contribution in [3.63, 3.8) is 0 Å². The lowest BCUT2D eigenvalue weighted by molar-refractivity contribution is -0.120. The minimum Gasteiger partial charge on any atom is -0.463 e. The number of hydrogen-bond acceptors (Lipinski definition) is 6. The summed E-state index contributed by atoms with van der Waals surface area (Å²) < 4.78 is 5.33. The third kappa shape index (κ3) is 4.11. The molecular weight excluding hydrogens is 370 g/mol. The number of amides is 2. The van der Waals surface area contributed by atoms with Gasteiger partial charge in [0.2, 0.25) is 5.91 Å². The molecule has 1 aromatic carbocycles. The van der Waals surface area contributed by atoms with Crippen LogP contribution in [-0.2, 0) is 4.79 Å². The highest BCUT2D eigenvalue weighted by Gasteiger charge is 2.26. The maximum atomic E-state index is 12.6. The second-order valence-corrected chi connectivity index (χ2v) is 6.91. The Bertz CT molecular complexity index is 993. The van der Waals surface area contributed by atoms with Gasteiger partial charge in [-0.3, -0.25) is 9.59 Å². The molecule has 8 nitrogen and oxygen atoms in total. The first-order valence-electron chi connectivity index (χ1n) is 9.44. The van der Waals surface area contributed by atoms with Gasteiger partial charge in [-0.05, 0) is 49.2 Å². The summed E-state index contributed by atoms with van der Waals surface area (Å²) in [6, 6.07) is 14.2. The van der Waals surface area contributed by atoms with E-state index < -0.39 is 5.91 Å². The van der Waals surface area contributed by atoms with Crippen molar-refractivity contribution in [2.75, 3.05) is 23.3 Å². The third-order valence-corrected chi connectivity index (χ3v) is 5.06. The topological polar surface area (TPSA) is 114 Å². The number of hydrogen-bond donors (Lipinski definition) is 2. The Morgan fingerprint density at radius 1 is 1.03 bits per heavy atom. The summed E-state index contributed by atoms with van der Waals surface area (Å²) in [6.07, 6.45) is 2.97. The van der Waals surface area contributed by atoms with Crippen molar-refractivity contribution in [2.24, 2.45) is 11.7 Å². The Balaban J connectivity index is 1.36. The molecule has 3 heterocycles. The Morgan fingerprint density at radius 2 is 1.83 bits per heavy atom. The third-order valence-electron chi connectivity index (χ3n) is 5.06. The zero-order chi connectivity index (χ0) is 20.2. The van der Waals surface area contributed by atoms with Crippen molar-refractivity contribution in [3.8, 4) is 11.5 Å². The molecule has 3 aromatic rings. The number of aromatic nitrogens is 2. The predicted molar refractivity (Wildman–Crippen MR) is 108 cm³/mol. The second kappa shape index (κ2) is 8.14. The first-order valence-corrected chi connectivity index (χ1v) is 9.44. The molecular formula is C21H21N5O3. The highest BCUT2D eigenvalue weighted by Crippen LogP contribution is 2.25. The fourth-order valence-corrected chi connectivity index (χ4v) is 3.46. The van der Waals surface area contributed by atoms with E-state index in [2.05, 4.69) is 20.4 Å². The Kier molecular flexibility index (Phi) is 5.24. The number of anilines is 2. The number of primary amides is 1. The predicted octanol–water partition coefficient (Wildman–Crippen LogP) is 2.69. The number of furan rings is 1. The van der Waals surface area contributed by atoms with Gasteiger partial charge >= 0.3 is 0 Å². The van der Waals surface area contributed by atoms with E-state index in [4.69, 9.17) is 10.2 Å². The van der Waals surface area contributed by atoms with E-state index in [0.717, 1.165) is 5.82 Å². The number of nitrogens with zero attached hydrogens (tertiary/aromatic N) is 3. The standard InChI is InChI=1S/C21H21N5O3/c22-20(27)15-4-1-2-5-16(15)23-21(28)14-9-11-26(12-10-14)19-8-7-17(24-25-19)18-6-3-13-29-18/h1-8,13-14H,9-12H2,(H2,22,27)(H,23,28). The van der Waals surface area contributed by atoms with Gasteiger partial charge in [-0.15, -0.1) is 10.2 Å².